The molecule has 0 bridgehead atoms. The second kappa shape index (κ2) is 5.27. The Morgan fingerprint density at radius 2 is 2.33 bits per heavy atom. The van der Waals surface area contributed by atoms with Crippen molar-refractivity contribution in [3.8, 4) is 0 Å². The summed E-state index contributed by atoms with van der Waals surface area (Å²) in [5, 5.41) is 0. The molecule has 0 saturated carbocycles. The fourth-order valence-corrected chi connectivity index (χ4v) is 3.56. The number of thiazole rings is 1. The second-order valence-corrected chi connectivity index (χ2v) is 6.65. The molecule has 1 aromatic heterocycles. The van der Waals surface area contributed by atoms with E-state index < -0.39 is 0 Å². The average molecular weight is 348 g/mol. The molecule has 0 amide bonds. The summed E-state index contributed by atoms with van der Waals surface area (Å²) in [6.07, 6.45) is 1.96. The van der Waals surface area contributed by atoms with E-state index in [1.165, 1.54) is 4.70 Å². The number of hydrogen-bond acceptors (Lipinski definition) is 4. The summed E-state index contributed by atoms with van der Waals surface area (Å²) in [4.78, 5) is 14.8. The minimum Gasteiger partial charge on any atom is -0.290 e. The van der Waals surface area contributed by atoms with Crippen LogP contribution in [0.1, 0.15) is 0 Å². The van der Waals surface area contributed by atoms with Gasteiger partial charge in [-0.05, 0) is 12.1 Å². The van der Waals surface area contributed by atoms with Gasteiger partial charge in [0.1, 0.15) is 0 Å². The topological polar surface area (TPSA) is 30.0 Å². The highest BCUT2D eigenvalue weighted by atomic mass is 127. The van der Waals surface area contributed by atoms with Crippen molar-refractivity contribution in [3.05, 3.63) is 24.3 Å². The molecule has 0 N–H and O–H groups in total. The van der Waals surface area contributed by atoms with E-state index >= 15 is 0 Å². The van der Waals surface area contributed by atoms with Gasteiger partial charge in [-0.1, -0.05) is 46.5 Å². The van der Waals surface area contributed by atoms with Crippen molar-refractivity contribution in [2.45, 2.75) is 8.26 Å². The zero-order chi connectivity index (χ0) is 10.7. The molecule has 2 nitrogen and oxygen atoms in total. The van der Waals surface area contributed by atoms with Crippen LogP contribution in [-0.4, -0.2) is 20.9 Å². The number of rotatable bonds is 4. The number of para-hydroxylation sites is 1. The Kier molecular flexibility index (Phi) is 3.99. The fourth-order valence-electron chi connectivity index (χ4n) is 1.09. The number of nitrogens with zero attached hydrogens (tertiary/aromatic N) is 1. The summed E-state index contributed by atoms with van der Waals surface area (Å²) >= 11 is 5.37. The fraction of sp³-hybridized carbons (Fsp3) is 0.200. The first-order valence-corrected chi connectivity index (χ1v) is 7.34. The number of halogens is 1. The van der Waals surface area contributed by atoms with Crippen LogP contribution < -0.4 is 0 Å². The van der Waals surface area contributed by atoms with Gasteiger partial charge in [0, 0.05) is 5.75 Å². The van der Waals surface area contributed by atoms with Crippen molar-refractivity contribution in [2.24, 2.45) is 0 Å². The van der Waals surface area contributed by atoms with Gasteiger partial charge in [0.15, 0.2) is 4.34 Å². The molecule has 2 rings (SSSR count). The Labute approximate surface area is 110 Å². The Morgan fingerprint density at radius 1 is 1.53 bits per heavy atom. The van der Waals surface area contributed by atoms with Crippen LogP contribution >= 0.6 is 45.7 Å². The lowest BCUT2D eigenvalue weighted by Crippen LogP contribution is -2.01. The van der Waals surface area contributed by atoms with Gasteiger partial charge in [0.05, 0.1) is 14.1 Å². The number of thioether (sulfide) groups is 1. The molecule has 0 aliphatic carbocycles. The van der Waals surface area contributed by atoms with Crippen molar-refractivity contribution in [2.75, 3.05) is 5.75 Å². The summed E-state index contributed by atoms with van der Waals surface area (Å²) in [6, 6.07) is 8.06. The van der Waals surface area contributed by atoms with E-state index in [4.69, 9.17) is 0 Å². The number of alkyl halides is 1. The highest BCUT2D eigenvalue weighted by Crippen LogP contribution is 2.30. The third kappa shape index (κ3) is 2.92. The summed E-state index contributed by atoms with van der Waals surface area (Å²) < 4.78 is 2.16. The van der Waals surface area contributed by atoms with Crippen LogP contribution in [0.5, 0.6) is 0 Å². The Morgan fingerprint density at radius 3 is 3.07 bits per heavy atom. The molecule has 0 spiro atoms. The van der Waals surface area contributed by atoms with Gasteiger partial charge in [0.2, 0.25) is 6.29 Å². The largest absolute Gasteiger partial charge is 0.290 e. The van der Waals surface area contributed by atoms with E-state index in [0.29, 0.717) is 0 Å². The van der Waals surface area contributed by atoms with E-state index in [0.717, 1.165) is 15.6 Å². The number of aromatic nitrogens is 1. The molecular formula is C10H7INOS2. The monoisotopic (exact) mass is 348 g/mol. The van der Waals surface area contributed by atoms with E-state index in [1.54, 1.807) is 23.1 Å². The Bertz CT molecular complexity index is 438. The van der Waals surface area contributed by atoms with Gasteiger partial charge in [-0.2, -0.15) is 0 Å². The lowest BCUT2D eigenvalue weighted by atomic mass is 10.3. The van der Waals surface area contributed by atoms with Crippen LogP contribution in [0, 0.1) is 0 Å². The molecule has 0 aliphatic heterocycles. The molecule has 0 fully saturated rings. The van der Waals surface area contributed by atoms with Crippen LogP contribution in [0.4, 0.5) is 0 Å². The molecule has 5 heteroatoms. The molecule has 15 heavy (non-hydrogen) atoms. The molecule has 1 unspecified atom stereocenters. The smallest absolute Gasteiger partial charge is 0.213 e. The lowest BCUT2D eigenvalue weighted by Gasteiger charge is -1.96. The minimum atomic E-state index is -0.0559. The lowest BCUT2D eigenvalue weighted by molar-refractivity contribution is 0.556. The Balaban J connectivity index is 2.12. The number of fused-ring (bicyclic) bond motifs is 1. The third-order valence-corrected chi connectivity index (χ3v) is 5.32. The average Bonchev–Trinajstić information content (AvgIpc) is 2.68. The molecule has 77 valence electrons. The molecule has 2 aromatic rings. The number of benzene rings is 1. The van der Waals surface area contributed by atoms with Crippen molar-refractivity contribution in [3.63, 3.8) is 0 Å². The third-order valence-electron chi connectivity index (χ3n) is 1.76. The minimum absolute atomic E-state index is 0.0559. The van der Waals surface area contributed by atoms with Gasteiger partial charge < -0.3 is 0 Å². The van der Waals surface area contributed by atoms with Gasteiger partial charge in [-0.25, -0.2) is 4.98 Å². The van der Waals surface area contributed by atoms with Crippen molar-refractivity contribution in [1.82, 2.24) is 4.98 Å². The van der Waals surface area contributed by atoms with Gasteiger partial charge in [0.25, 0.3) is 0 Å². The van der Waals surface area contributed by atoms with Gasteiger partial charge in [-0.3, -0.25) is 4.79 Å². The molecular weight excluding hydrogens is 341 g/mol. The van der Waals surface area contributed by atoms with E-state index in [9.17, 15) is 4.79 Å². The first kappa shape index (κ1) is 11.3. The van der Waals surface area contributed by atoms with Crippen LogP contribution in [0.15, 0.2) is 28.6 Å². The number of hydrogen-bond donors (Lipinski definition) is 0. The van der Waals surface area contributed by atoms with Crippen LogP contribution in [0.2, 0.25) is 0 Å². The highest BCUT2D eigenvalue weighted by molar-refractivity contribution is 14.1. The molecule has 0 aliphatic rings. The maximum Gasteiger partial charge on any atom is 0.213 e. The van der Waals surface area contributed by atoms with Gasteiger partial charge >= 0.3 is 0 Å². The first-order chi connectivity index (χ1) is 7.29. The number of carbonyl (C=O) groups excluding carboxylic acids is 1. The predicted molar refractivity (Wildman–Crippen MR) is 73.8 cm³/mol. The zero-order valence-electron chi connectivity index (χ0n) is 7.64. The van der Waals surface area contributed by atoms with Crippen LogP contribution in [-0.2, 0) is 4.79 Å². The summed E-state index contributed by atoms with van der Waals surface area (Å²) in [5.74, 6) is 0.740. The van der Waals surface area contributed by atoms with Crippen LogP contribution in [0.3, 0.4) is 0 Å². The SMILES string of the molecule is O=[C]C(I)CSc1nc2ccccc2s1. The first-order valence-electron chi connectivity index (χ1n) is 4.29. The van der Waals surface area contributed by atoms with Crippen molar-refractivity contribution >= 4 is 62.2 Å². The summed E-state index contributed by atoms with van der Waals surface area (Å²) in [5.41, 5.74) is 1.03. The maximum absolute atomic E-state index is 10.3. The zero-order valence-corrected chi connectivity index (χ0v) is 11.4. The molecule has 0 saturated heterocycles. The van der Waals surface area contributed by atoms with Gasteiger partial charge in [-0.15, -0.1) is 11.3 Å². The van der Waals surface area contributed by atoms with E-state index in [2.05, 4.69) is 33.6 Å². The quantitative estimate of drug-likeness (QED) is 0.483. The molecule has 1 aromatic carbocycles. The maximum atomic E-state index is 10.3. The van der Waals surface area contributed by atoms with Crippen molar-refractivity contribution in [1.29, 1.82) is 0 Å². The highest BCUT2D eigenvalue weighted by Gasteiger charge is 2.07. The molecule has 1 heterocycles. The Hall–Kier alpha value is -0.140. The van der Waals surface area contributed by atoms with E-state index in [-0.39, 0.29) is 3.92 Å². The van der Waals surface area contributed by atoms with Crippen LogP contribution in [0.25, 0.3) is 10.2 Å². The predicted octanol–water partition coefficient (Wildman–Crippen LogP) is 3.30. The molecule has 1 radical (unpaired) electrons. The normalized spacial score (nSPS) is 12.9. The standard InChI is InChI=1S/C10H7INOS2/c11-7(5-13)6-14-10-12-8-3-1-2-4-9(8)15-10/h1-4,7H,6H2. The summed E-state index contributed by atoms with van der Waals surface area (Å²) in [7, 11) is 0. The van der Waals surface area contributed by atoms with E-state index in [1.807, 2.05) is 24.5 Å². The summed E-state index contributed by atoms with van der Waals surface area (Å²) in [6.45, 7) is 0. The second-order valence-electron chi connectivity index (χ2n) is 2.84. The van der Waals surface area contributed by atoms with Crippen molar-refractivity contribution < 1.29 is 4.79 Å². The molecule has 1 atom stereocenters.